The van der Waals surface area contributed by atoms with Crippen LogP contribution in [0.3, 0.4) is 0 Å². The summed E-state index contributed by atoms with van der Waals surface area (Å²) in [5.41, 5.74) is 13.1. The van der Waals surface area contributed by atoms with Crippen molar-refractivity contribution in [2.24, 2.45) is 0 Å². The fraction of sp³-hybridized carbons (Fsp3) is 0.286. The molecule has 0 heteroatoms. The average molecular weight is 731 g/mol. The number of hydrogen-bond donors (Lipinski definition) is 0. The van der Waals surface area contributed by atoms with E-state index in [4.69, 9.17) is 0 Å². The summed E-state index contributed by atoms with van der Waals surface area (Å²) in [5.74, 6) is 0. The fourth-order valence-electron chi connectivity index (χ4n) is 8.55. The van der Waals surface area contributed by atoms with Crippen LogP contribution in [0.5, 0.6) is 0 Å². The Bertz CT molecular complexity index is 2810. The lowest BCUT2D eigenvalue weighted by molar-refractivity contribution is 0.589. The van der Waals surface area contributed by atoms with E-state index >= 15 is 0 Å². The van der Waals surface area contributed by atoms with E-state index in [0.29, 0.717) is 0 Å². The van der Waals surface area contributed by atoms with Gasteiger partial charge in [0.1, 0.15) is 0 Å². The molecule has 282 valence electrons. The third kappa shape index (κ3) is 6.83. The van der Waals surface area contributed by atoms with Gasteiger partial charge in [0.15, 0.2) is 0 Å². The summed E-state index contributed by atoms with van der Waals surface area (Å²) in [6, 6.07) is 51.5. The van der Waals surface area contributed by atoms with Gasteiger partial charge in [-0.05, 0) is 151 Å². The molecular formula is C56H58. The first-order valence-electron chi connectivity index (χ1n) is 20.5. The van der Waals surface area contributed by atoms with Crippen LogP contribution >= 0.6 is 0 Å². The molecule has 0 N–H and O–H groups in total. The molecule has 0 heterocycles. The monoisotopic (exact) mass is 730 g/mol. The molecule has 0 saturated carbocycles. The van der Waals surface area contributed by atoms with Gasteiger partial charge in [-0.15, -0.1) is 0 Å². The van der Waals surface area contributed by atoms with Gasteiger partial charge in [-0.25, -0.2) is 0 Å². The molecule has 0 saturated heterocycles. The minimum Gasteiger partial charge on any atom is -0.0616 e. The molecule has 8 aromatic rings. The predicted octanol–water partition coefficient (Wildman–Crippen LogP) is 16.5. The van der Waals surface area contributed by atoms with E-state index < -0.39 is 0 Å². The van der Waals surface area contributed by atoms with Crippen LogP contribution < -0.4 is 0 Å². The number of fused-ring (bicyclic) bond motifs is 4. The van der Waals surface area contributed by atoms with Crippen LogP contribution in [0.1, 0.15) is 105 Å². The summed E-state index contributed by atoms with van der Waals surface area (Å²) in [4.78, 5) is 0. The van der Waals surface area contributed by atoms with E-state index in [-0.39, 0.29) is 21.7 Å². The second kappa shape index (κ2) is 13.2. The highest BCUT2D eigenvalue weighted by molar-refractivity contribution is 6.15. The Morgan fingerprint density at radius 1 is 0.286 bits per heavy atom. The van der Waals surface area contributed by atoms with Crippen LogP contribution in [-0.4, -0.2) is 0 Å². The quantitative estimate of drug-likeness (QED) is 0.170. The molecule has 8 rings (SSSR count). The van der Waals surface area contributed by atoms with Crippen molar-refractivity contribution < 1.29 is 0 Å². The molecule has 0 nitrogen and oxygen atoms in total. The summed E-state index contributed by atoms with van der Waals surface area (Å²) in [6.07, 6.45) is 0. The lowest BCUT2D eigenvalue weighted by Crippen LogP contribution is -2.15. The Balaban J connectivity index is 1.58. The normalized spacial score (nSPS) is 13.0. The van der Waals surface area contributed by atoms with Gasteiger partial charge in [0.05, 0.1) is 0 Å². The Morgan fingerprint density at radius 2 is 0.786 bits per heavy atom. The van der Waals surface area contributed by atoms with Crippen LogP contribution in [0.15, 0.2) is 133 Å². The molecule has 0 unspecified atom stereocenters. The van der Waals surface area contributed by atoms with E-state index in [0.717, 1.165) is 0 Å². The van der Waals surface area contributed by atoms with Crippen molar-refractivity contribution in [3.63, 3.8) is 0 Å². The van der Waals surface area contributed by atoms with Crippen molar-refractivity contribution in [1.82, 2.24) is 0 Å². The Hall–Kier alpha value is -5.20. The van der Waals surface area contributed by atoms with E-state index in [1.165, 1.54) is 98.7 Å². The van der Waals surface area contributed by atoms with Crippen molar-refractivity contribution in [3.05, 3.63) is 156 Å². The van der Waals surface area contributed by atoms with E-state index in [1.54, 1.807) is 0 Å². The van der Waals surface area contributed by atoms with Crippen LogP contribution in [-0.2, 0) is 21.7 Å². The topological polar surface area (TPSA) is 0 Å². The number of rotatable bonds is 3. The molecule has 0 spiro atoms. The Morgan fingerprint density at radius 3 is 1.41 bits per heavy atom. The zero-order valence-corrected chi connectivity index (χ0v) is 35.7. The van der Waals surface area contributed by atoms with Gasteiger partial charge in [-0.1, -0.05) is 186 Å². The summed E-state index contributed by atoms with van der Waals surface area (Å²) in [6.45, 7) is 28.2. The lowest BCUT2D eigenvalue weighted by atomic mass is 9.73. The highest BCUT2D eigenvalue weighted by atomic mass is 14.3. The minimum atomic E-state index is -0.146. The molecule has 0 fully saturated rings. The molecule has 0 aliphatic rings. The van der Waals surface area contributed by atoms with Crippen LogP contribution in [0.2, 0.25) is 0 Å². The SMILES string of the molecule is CC(C)(C)c1ccc2c(-c3c(-c4cc(-c5ccc6ccccc6c5)cc5ccccc45)c(C(C)(C)C)cc4cc(C(C)(C)C)ccc34)cc(C(C)(C)C)cc2c1. The van der Waals surface area contributed by atoms with E-state index in [2.05, 4.69) is 217 Å². The van der Waals surface area contributed by atoms with E-state index in [1.807, 2.05) is 0 Å². The van der Waals surface area contributed by atoms with Crippen LogP contribution in [0, 0.1) is 0 Å². The van der Waals surface area contributed by atoms with Gasteiger partial charge in [0.2, 0.25) is 0 Å². The van der Waals surface area contributed by atoms with Crippen molar-refractivity contribution in [2.45, 2.75) is 105 Å². The molecule has 0 atom stereocenters. The molecule has 0 aliphatic carbocycles. The van der Waals surface area contributed by atoms with E-state index in [9.17, 15) is 0 Å². The van der Waals surface area contributed by atoms with Gasteiger partial charge >= 0.3 is 0 Å². The molecule has 0 aromatic heterocycles. The maximum atomic E-state index is 2.52. The molecular weight excluding hydrogens is 673 g/mol. The average Bonchev–Trinajstić information content (AvgIpc) is 3.14. The highest BCUT2D eigenvalue weighted by Gasteiger charge is 2.29. The molecule has 0 bridgehead atoms. The van der Waals surface area contributed by atoms with Crippen molar-refractivity contribution >= 4 is 43.1 Å². The molecule has 8 aromatic carbocycles. The summed E-state index contributed by atoms with van der Waals surface area (Å²) < 4.78 is 0. The maximum absolute atomic E-state index is 2.52. The van der Waals surface area contributed by atoms with Gasteiger partial charge in [0.25, 0.3) is 0 Å². The third-order valence-electron chi connectivity index (χ3n) is 12.0. The van der Waals surface area contributed by atoms with Crippen LogP contribution in [0.25, 0.3) is 76.5 Å². The molecule has 56 heavy (non-hydrogen) atoms. The summed E-state index contributed by atoms with van der Waals surface area (Å²) in [7, 11) is 0. The smallest absolute Gasteiger partial charge is 0.00173 e. The van der Waals surface area contributed by atoms with Gasteiger partial charge in [-0.3, -0.25) is 0 Å². The summed E-state index contributed by atoms with van der Waals surface area (Å²) >= 11 is 0. The number of hydrogen-bond acceptors (Lipinski definition) is 0. The highest BCUT2D eigenvalue weighted by Crippen LogP contribution is 2.50. The molecule has 0 aliphatic heterocycles. The zero-order chi connectivity index (χ0) is 39.9. The van der Waals surface area contributed by atoms with Crippen molar-refractivity contribution in [1.29, 1.82) is 0 Å². The Kier molecular flexibility index (Phi) is 8.89. The predicted molar refractivity (Wildman–Crippen MR) is 248 cm³/mol. The van der Waals surface area contributed by atoms with Crippen molar-refractivity contribution in [2.75, 3.05) is 0 Å². The number of benzene rings is 8. The molecule has 0 radical (unpaired) electrons. The first-order valence-corrected chi connectivity index (χ1v) is 20.5. The Labute approximate surface area is 335 Å². The van der Waals surface area contributed by atoms with Gasteiger partial charge in [-0.2, -0.15) is 0 Å². The van der Waals surface area contributed by atoms with Crippen LogP contribution in [0.4, 0.5) is 0 Å². The van der Waals surface area contributed by atoms with Crippen molar-refractivity contribution in [3.8, 4) is 33.4 Å². The standard InChI is InChI=1S/C56H58/c1-53(2,3)42-23-25-46-40(29-42)31-44(55(7,8)9)34-49(46)51-47-26-24-43(54(4,5)6)30-41(47)33-50(56(10,11)12)52(51)48-32-39(28-38-19-15-16-20-45(38)48)37-22-21-35-17-13-14-18-36(35)27-37/h13-34H,1-12H3. The lowest BCUT2D eigenvalue weighted by Gasteiger charge is -2.30. The zero-order valence-electron chi connectivity index (χ0n) is 35.7. The molecule has 0 amide bonds. The largest absolute Gasteiger partial charge is 0.0616 e. The minimum absolute atomic E-state index is 0.0293. The fourth-order valence-corrected chi connectivity index (χ4v) is 8.55. The summed E-state index contributed by atoms with van der Waals surface area (Å²) in [5, 5.41) is 10.3. The second-order valence-corrected chi connectivity index (χ2v) is 20.4. The third-order valence-corrected chi connectivity index (χ3v) is 12.0. The second-order valence-electron chi connectivity index (χ2n) is 20.4. The van der Waals surface area contributed by atoms with Gasteiger partial charge in [0, 0.05) is 0 Å². The first kappa shape index (κ1) is 37.7. The maximum Gasteiger partial charge on any atom is -0.00173 e. The first-order chi connectivity index (χ1) is 26.3. The van der Waals surface area contributed by atoms with Gasteiger partial charge < -0.3 is 0 Å².